The predicted molar refractivity (Wildman–Crippen MR) is 66.1 cm³/mol. The molecule has 0 radical (unpaired) electrons. The maximum absolute atomic E-state index is 6.01. The summed E-state index contributed by atoms with van der Waals surface area (Å²) in [5, 5.41) is 0.698. The molecule has 1 aromatic carbocycles. The molecule has 0 spiro atoms. The Labute approximate surface area is 96.6 Å². The number of hydrogen-bond acceptors (Lipinski definition) is 1. The van der Waals surface area contributed by atoms with Crippen LogP contribution in [0.1, 0.15) is 37.7 Å². The van der Waals surface area contributed by atoms with E-state index in [1.165, 1.54) is 37.7 Å². The van der Waals surface area contributed by atoms with Gasteiger partial charge in [0.1, 0.15) is 0 Å². The van der Waals surface area contributed by atoms with Crippen LogP contribution in [-0.4, -0.2) is 0 Å². The summed E-state index contributed by atoms with van der Waals surface area (Å²) in [7, 11) is 0. The molecule has 2 N–H and O–H groups in total. The van der Waals surface area contributed by atoms with Gasteiger partial charge in [0, 0.05) is 0 Å². The number of benzene rings is 1. The minimum atomic E-state index is 0.698. The molecule has 0 heterocycles. The lowest BCUT2D eigenvalue weighted by Crippen LogP contribution is -2.10. The lowest BCUT2D eigenvalue weighted by molar-refractivity contribution is 0.357. The van der Waals surface area contributed by atoms with Gasteiger partial charge in [0.25, 0.3) is 0 Å². The first-order chi connectivity index (χ1) is 7.27. The van der Waals surface area contributed by atoms with Gasteiger partial charge < -0.3 is 5.73 Å². The van der Waals surface area contributed by atoms with Crippen molar-refractivity contribution in [3.05, 3.63) is 28.8 Å². The highest BCUT2D eigenvalue weighted by atomic mass is 35.5. The van der Waals surface area contributed by atoms with Crippen molar-refractivity contribution in [3.63, 3.8) is 0 Å². The number of nitrogens with two attached hydrogens (primary N) is 1. The van der Waals surface area contributed by atoms with Gasteiger partial charge in [-0.1, -0.05) is 55.8 Å². The summed E-state index contributed by atoms with van der Waals surface area (Å²) in [6, 6.07) is 5.97. The Morgan fingerprint density at radius 1 is 1.20 bits per heavy atom. The van der Waals surface area contributed by atoms with E-state index in [4.69, 9.17) is 17.3 Å². The van der Waals surface area contributed by atoms with Crippen LogP contribution in [0.4, 0.5) is 5.69 Å². The molecule has 2 rings (SSSR count). The minimum absolute atomic E-state index is 0.698. The molecule has 82 valence electrons. The van der Waals surface area contributed by atoms with Crippen molar-refractivity contribution in [2.75, 3.05) is 5.73 Å². The maximum Gasteiger partial charge on any atom is 0.0638 e. The van der Waals surface area contributed by atoms with E-state index < -0.39 is 0 Å². The normalized spacial score (nSPS) is 17.9. The Morgan fingerprint density at radius 3 is 2.67 bits per heavy atom. The van der Waals surface area contributed by atoms with E-state index in [2.05, 4.69) is 6.07 Å². The Kier molecular flexibility index (Phi) is 3.53. The van der Waals surface area contributed by atoms with E-state index in [-0.39, 0.29) is 0 Å². The molecule has 0 atom stereocenters. The molecule has 0 amide bonds. The van der Waals surface area contributed by atoms with Gasteiger partial charge >= 0.3 is 0 Å². The molecule has 0 aliphatic heterocycles. The monoisotopic (exact) mass is 223 g/mol. The van der Waals surface area contributed by atoms with Crippen LogP contribution in [0.3, 0.4) is 0 Å². The van der Waals surface area contributed by atoms with E-state index >= 15 is 0 Å². The molecule has 1 aliphatic carbocycles. The van der Waals surface area contributed by atoms with E-state index in [0.717, 1.165) is 18.0 Å². The SMILES string of the molecule is Nc1c(Cl)cccc1CC1CCCCC1. The number of hydrogen-bond donors (Lipinski definition) is 1. The van der Waals surface area contributed by atoms with Crippen molar-refractivity contribution in [3.8, 4) is 0 Å². The van der Waals surface area contributed by atoms with Gasteiger partial charge in [0.15, 0.2) is 0 Å². The first kappa shape index (κ1) is 10.8. The number of nitrogen functional groups attached to an aromatic ring is 1. The number of para-hydroxylation sites is 1. The smallest absolute Gasteiger partial charge is 0.0638 e. The lowest BCUT2D eigenvalue weighted by atomic mass is 9.84. The fourth-order valence-electron chi connectivity index (χ4n) is 2.46. The van der Waals surface area contributed by atoms with E-state index in [0.29, 0.717) is 5.02 Å². The molecule has 1 saturated carbocycles. The van der Waals surface area contributed by atoms with Gasteiger partial charge in [-0.05, 0) is 24.0 Å². The first-order valence-corrected chi connectivity index (χ1v) is 6.18. The van der Waals surface area contributed by atoms with E-state index in [9.17, 15) is 0 Å². The lowest BCUT2D eigenvalue weighted by Gasteiger charge is -2.22. The third-order valence-electron chi connectivity index (χ3n) is 3.38. The fraction of sp³-hybridized carbons (Fsp3) is 0.538. The predicted octanol–water partition coefficient (Wildman–Crippen LogP) is 4.05. The topological polar surface area (TPSA) is 26.0 Å². The van der Waals surface area contributed by atoms with Crippen LogP contribution in [0.2, 0.25) is 5.02 Å². The van der Waals surface area contributed by atoms with Crippen LogP contribution < -0.4 is 5.73 Å². The highest BCUT2D eigenvalue weighted by Gasteiger charge is 2.15. The molecule has 0 aromatic heterocycles. The first-order valence-electron chi connectivity index (χ1n) is 5.80. The van der Waals surface area contributed by atoms with Gasteiger partial charge in [0.05, 0.1) is 10.7 Å². The van der Waals surface area contributed by atoms with Crippen molar-refractivity contribution in [2.24, 2.45) is 5.92 Å². The third-order valence-corrected chi connectivity index (χ3v) is 3.71. The summed E-state index contributed by atoms with van der Waals surface area (Å²) in [6.07, 6.45) is 7.97. The van der Waals surface area contributed by atoms with Gasteiger partial charge in [-0.15, -0.1) is 0 Å². The zero-order chi connectivity index (χ0) is 10.7. The Bertz CT molecular complexity index is 329. The zero-order valence-electron chi connectivity index (χ0n) is 9.01. The van der Waals surface area contributed by atoms with Crippen LogP contribution >= 0.6 is 11.6 Å². The summed E-state index contributed by atoms with van der Waals surface area (Å²) < 4.78 is 0. The maximum atomic E-state index is 6.01. The van der Waals surface area contributed by atoms with Crippen molar-refractivity contribution in [1.82, 2.24) is 0 Å². The quantitative estimate of drug-likeness (QED) is 0.753. The molecule has 1 fully saturated rings. The van der Waals surface area contributed by atoms with Gasteiger partial charge in [-0.2, -0.15) is 0 Å². The van der Waals surface area contributed by atoms with Crippen molar-refractivity contribution in [2.45, 2.75) is 38.5 Å². The number of anilines is 1. The van der Waals surface area contributed by atoms with Crippen LogP contribution in [0.5, 0.6) is 0 Å². The average Bonchev–Trinajstić information content (AvgIpc) is 2.26. The van der Waals surface area contributed by atoms with Crippen LogP contribution in [0, 0.1) is 5.92 Å². The van der Waals surface area contributed by atoms with Crippen molar-refractivity contribution >= 4 is 17.3 Å². The standard InChI is InChI=1S/C13H18ClN/c14-12-8-4-7-11(13(12)15)9-10-5-2-1-3-6-10/h4,7-8,10H,1-3,5-6,9,15H2. The van der Waals surface area contributed by atoms with Crippen LogP contribution in [0.25, 0.3) is 0 Å². The Balaban J connectivity index is 2.06. The Morgan fingerprint density at radius 2 is 1.93 bits per heavy atom. The third kappa shape index (κ3) is 2.66. The molecule has 0 saturated heterocycles. The summed E-state index contributed by atoms with van der Waals surface area (Å²) in [4.78, 5) is 0. The van der Waals surface area contributed by atoms with Crippen LogP contribution in [0.15, 0.2) is 18.2 Å². The molecule has 0 bridgehead atoms. The van der Waals surface area contributed by atoms with E-state index in [1.807, 2.05) is 12.1 Å². The van der Waals surface area contributed by atoms with E-state index in [1.54, 1.807) is 0 Å². The highest BCUT2D eigenvalue weighted by molar-refractivity contribution is 6.33. The molecule has 1 aromatic rings. The van der Waals surface area contributed by atoms with Gasteiger partial charge in [-0.25, -0.2) is 0 Å². The van der Waals surface area contributed by atoms with Gasteiger partial charge in [0.2, 0.25) is 0 Å². The van der Waals surface area contributed by atoms with Crippen LogP contribution in [-0.2, 0) is 6.42 Å². The molecular weight excluding hydrogens is 206 g/mol. The second-order valence-corrected chi connectivity index (χ2v) is 4.93. The Hall–Kier alpha value is -0.690. The molecule has 0 unspecified atom stereocenters. The fourth-order valence-corrected chi connectivity index (χ4v) is 2.66. The minimum Gasteiger partial charge on any atom is -0.397 e. The summed E-state index contributed by atoms with van der Waals surface area (Å²) in [6.45, 7) is 0. The van der Waals surface area contributed by atoms with Gasteiger partial charge in [-0.3, -0.25) is 0 Å². The summed E-state index contributed by atoms with van der Waals surface area (Å²) in [5.41, 5.74) is 7.98. The average molecular weight is 224 g/mol. The zero-order valence-corrected chi connectivity index (χ0v) is 9.76. The molecular formula is C13H18ClN. The second kappa shape index (κ2) is 4.89. The van der Waals surface area contributed by atoms with Crippen molar-refractivity contribution < 1.29 is 0 Å². The molecule has 15 heavy (non-hydrogen) atoms. The number of halogens is 1. The molecule has 1 aliphatic rings. The van der Waals surface area contributed by atoms with Crippen molar-refractivity contribution in [1.29, 1.82) is 0 Å². The second-order valence-electron chi connectivity index (χ2n) is 4.52. The molecule has 2 heteroatoms. The highest BCUT2D eigenvalue weighted by Crippen LogP contribution is 2.30. The molecule has 1 nitrogen and oxygen atoms in total. The summed E-state index contributed by atoms with van der Waals surface area (Å²) >= 11 is 6.01. The summed E-state index contributed by atoms with van der Waals surface area (Å²) in [5.74, 6) is 0.819. The number of rotatable bonds is 2. The largest absolute Gasteiger partial charge is 0.397 e.